The smallest absolute Gasteiger partial charge is 0.148 e. The van der Waals surface area contributed by atoms with E-state index in [4.69, 9.17) is 16.3 Å². The van der Waals surface area contributed by atoms with Crippen LogP contribution >= 0.6 is 11.6 Å². The second-order valence-corrected chi connectivity index (χ2v) is 4.18. The number of hydrogen-bond acceptors (Lipinski definition) is 2. The van der Waals surface area contributed by atoms with Gasteiger partial charge in [-0.05, 0) is 30.3 Å². The molecule has 0 heterocycles. The van der Waals surface area contributed by atoms with Crippen molar-refractivity contribution in [2.75, 3.05) is 12.4 Å². The van der Waals surface area contributed by atoms with Crippen LogP contribution in [0.15, 0.2) is 42.5 Å². The van der Waals surface area contributed by atoms with E-state index in [1.54, 1.807) is 12.1 Å². The third-order valence-electron chi connectivity index (χ3n) is 2.57. The summed E-state index contributed by atoms with van der Waals surface area (Å²) in [6.45, 7) is 0.158. The molecule has 18 heavy (non-hydrogen) atoms. The molecule has 2 aromatic rings. The zero-order valence-corrected chi connectivity index (χ0v) is 10.7. The molecule has 2 aromatic carbocycles. The Bertz CT molecular complexity index is 528. The molecule has 4 heteroatoms. The number of nitrogens with one attached hydrogen (secondary N) is 1. The summed E-state index contributed by atoms with van der Waals surface area (Å²) in [7, 11) is 1.84. The SMILES string of the molecule is CNc1ccc(OCc2cccc(Cl)c2F)cc1. The minimum absolute atomic E-state index is 0.113. The van der Waals surface area contributed by atoms with Crippen molar-refractivity contribution in [3.05, 3.63) is 58.9 Å². The highest BCUT2D eigenvalue weighted by Crippen LogP contribution is 2.21. The van der Waals surface area contributed by atoms with Gasteiger partial charge in [0.15, 0.2) is 0 Å². The first-order valence-electron chi connectivity index (χ1n) is 5.54. The normalized spacial score (nSPS) is 10.2. The van der Waals surface area contributed by atoms with Crippen molar-refractivity contribution >= 4 is 17.3 Å². The van der Waals surface area contributed by atoms with Crippen LogP contribution in [-0.4, -0.2) is 7.05 Å². The Kier molecular flexibility index (Phi) is 4.05. The standard InChI is InChI=1S/C14H13ClFNO/c1-17-11-5-7-12(8-6-11)18-9-10-3-2-4-13(15)14(10)16/h2-8,17H,9H2,1H3. The summed E-state index contributed by atoms with van der Waals surface area (Å²) in [6, 6.07) is 12.3. The van der Waals surface area contributed by atoms with Crippen molar-refractivity contribution in [1.82, 2.24) is 0 Å². The fourth-order valence-corrected chi connectivity index (χ4v) is 1.73. The molecule has 0 saturated heterocycles. The van der Waals surface area contributed by atoms with E-state index in [0.717, 1.165) is 5.69 Å². The van der Waals surface area contributed by atoms with Crippen molar-refractivity contribution < 1.29 is 9.13 Å². The summed E-state index contributed by atoms with van der Waals surface area (Å²) in [5.41, 5.74) is 1.44. The van der Waals surface area contributed by atoms with Crippen LogP contribution in [0, 0.1) is 5.82 Å². The van der Waals surface area contributed by atoms with Crippen molar-refractivity contribution in [2.45, 2.75) is 6.61 Å². The van der Waals surface area contributed by atoms with E-state index in [1.807, 2.05) is 31.3 Å². The molecule has 0 saturated carbocycles. The Balaban J connectivity index is 2.04. The molecule has 0 unspecified atom stereocenters. The second kappa shape index (κ2) is 5.74. The minimum atomic E-state index is -0.425. The Morgan fingerprint density at radius 2 is 1.89 bits per heavy atom. The van der Waals surface area contributed by atoms with E-state index in [-0.39, 0.29) is 11.6 Å². The number of anilines is 1. The van der Waals surface area contributed by atoms with Crippen LogP contribution in [0.1, 0.15) is 5.56 Å². The lowest BCUT2D eigenvalue weighted by molar-refractivity contribution is 0.300. The lowest BCUT2D eigenvalue weighted by Gasteiger charge is -2.08. The van der Waals surface area contributed by atoms with Crippen molar-refractivity contribution in [3.8, 4) is 5.75 Å². The van der Waals surface area contributed by atoms with E-state index in [2.05, 4.69) is 5.32 Å². The maximum Gasteiger partial charge on any atom is 0.148 e. The molecule has 0 spiro atoms. The predicted molar refractivity (Wildman–Crippen MR) is 71.7 cm³/mol. The van der Waals surface area contributed by atoms with Crippen molar-refractivity contribution in [2.24, 2.45) is 0 Å². The highest BCUT2D eigenvalue weighted by Gasteiger charge is 2.06. The first-order valence-corrected chi connectivity index (χ1v) is 5.92. The number of rotatable bonds is 4. The molecule has 1 N–H and O–H groups in total. The Hall–Kier alpha value is -1.74. The van der Waals surface area contributed by atoms with Crippen LogP contribution in [0.5, 0.6) is 5.75 Å². The molecule has 0 aliphatic heterocycles. The van der Waals surface area contributed by atoms with Crippen LogP contribution in [0.2, 0.25) is 5.02 Å². The lowest BCUT2D eigenvalue weighted by Crippen LogP contribution is -1.99. The van der Waals surface area contributed by atoms with E-state index >= 15 is 0 Å². The third-order valence-corrected chi connectivity index (χ3v) is 2.86. The minimum Gasteiger partial charge on any atom is -0.489 e. The van der Waals surface area contributed by atoms with Gasteiger partial charge in [0.25, 0.3) is 0 Å². The van der Waals surface area contributed by atoms with E-state index in [0.29, 0.717) is 11.3 Å². The maximum absolute atomic E-state index is 13.6. The van der Waals surface area contributed by atoms with Crippen LogP contribution < -0.4 is 10.1 Å². The van der Waals surface area contributed by atoms with Crippen molar-refractivity contribution in [3.63, 3.8) is 0 Å². The van der Waals surface area contributed by atoms with Crippen LogP contribution in [0.25, 0.3) is 0 Å². The number of halogens is 2. The topological polar surface area (TPSA) is 21.3 Å². The quantitative estimate of drug-likeness (QED) is 0.899. The molecule has 0 bridgehead atoms. The summed E-state index contributed by atoms with van der Waals surface area (Å²) < 4.78 is 19.1. The predicted octanol–water partition coefficient (Wildman–Crippen LogP) is 4.10. The summed E-state index contributed by atoms with van der Waals surface area (Å²) in [5.74, 6) is 0.263. The van der Waals surface area contributed by atoms with Gasteiger partial charge in [0.05, 0.1) is 5.02 Å². The summed E-state index contributed by atoms with van der Waals surface area (Å²) >= 11 is 5.70. The van der Waals surface area contributed by atoms with Crippen molar-refractivity contribution in [1.29, 1.82) is 0 Å². The second-order valence-electron chi connectivity index (χ2n) is 3.78. The summed E-state index contributed by atoms with van der Waals surface area (Å²) in [6.07, 6.45) is 0. The number of ether oxygens (including phenoxy) is 1. The van der Waals surface area contributed by atoms with Gasteiger partial charge in [0.2, 0.25) is 0 Å². The largest absolute Gasteiger partial charge is 0.489 e. The van der Waals surface area contributed by atoms with Gasteiger partial charge in [0, 0.05) is 18.3 Å². The molecule has 0 fully saturated rings. The summed E-state index contributed by atoms with van der Waals surface area (Å²) in [4.78, 5) is 0. The molecular formula is C14H13ClFNO. The molecular weight excluding hydrogens is 253 g/mol. The van der Waals surface area contributed by atoms with Gasteiger partial charge in [0.1, 0.15) is 18.2 Å². The molecule has 94 valence electrons. The van der Waals surface area contributed by atoms with Gasteiger partial charge < -0.3 is 10.1 Å². The van der Waals surface area contributed by atoms with Gasteiger partial charge in [-0.3, -0.25) is 0 Å². The molecule has 2 rings (SSSR count). The number of benzene rings is 2. The van der Waals surface area contributed by atoms with E-state index in [1.165, 1.54) is 6.07 Å². The average Bonchev–Trinajstić information content (AvgIpc) is 2.41. The maximum atomic E-state index is 13.6. The highest BCUT2D eigenvalue weighted by molar-refractivity contribution is 6.30. The zero-order chi connectivity index (χ0) is 13.0. The highest BCUT2D eigenvalue weighted by atomic mass is 35.5. The molecule has 0 amide bonds. The van der Waals surface area contributed by atoms with E-state index in [9.17, 15) is 4.39 Å². The molecule has 2 nitrogen and oxygen atoms in total. The third kappa shape index (κ3) is 2.93. The molecule has 0 atom stereocenters. The average molecular weight is 266 g/mol. The van der Waals surface area contributed by atoms with Gasteiger partial charge in [-0.25, -0.2) is 4.39 Å². The molecule has 0 radical (unpaired) electrons. The molecule has 0 aliphatic rings. The first-order chi connectivity index (χ1) is 8.70. The summed E-state index contributed by atoms with van der Waals surface area (Å²) in [5, 5.41) is 3.12. The fraction of sp³-hybridized carbons (Fsp3) is 0.143. The monoisotopic (exact) mass is 265 g/mol. The van der Waals surface area contributed by atoms with Gasteiger partial charge in [-0.15, -0.1) is 0 Å². The zero-order valence-electron chi connectivity index (χ0n) is 9.91. The Morgan fingerprint density at radius 3 is 2.56 bits per heavy atom. The van der Waals surface area contributed by atoms with Crippen LogP contribution in [0.3, 0.4) is 0 Å². The fourth-order valence-electron chi connectivity index (χ4n) is 1.54. The van der Waals surface area contributed by atoms with E-state index < -0.39 is 5.82 Å². The van der Waals surface area contributed by atoms with Crippen LogP contribution in [-0.2, 0) is 6.61 Å². The van der Waals surface area contributed by atoms with Gasteiger partial charge >= 0.3 is 0 Å². The van der Waals surface area contributed by atoms with Gasteiger partial charge in [-0.2, -0.15) is 0 Å². The Labute approximate surface area is 110 Å². The van der Waals surface area contributed by atoms with Crippen LogP contribution in [0.4, 0.5) is 10.1 Å². The molecule has 0 aliphatic carbocycles. The Morgan fingerprint density at radius 1 is 1.17 bits per heavy atom. The first kappa shape index (κ1) is 12.7. The van der Waals surface area contributed by atoms with Gasteiger partial charge in [-0.1, -0.05) is 23.7 Å². The lowest BCUT2D eigenvalue weighted by atomic mass is 10.2. The number of hydrogen-bond donors (Lipinski definition) is 1. The molecule has 0 aromatic heterocycles.